The van der Waals surface area contributed by atoms with Crippen molar-refractivity contribution in [1.82, 2.24) is 4.98 Å². The Labute approximate surface area is 75.4 Å². The minimum atomic E-state index is -0.282. The predicted octanol–water partition coefficient (Wildman–Crippen LogP) is 0.800. The number of aromatic nitrogens is 1. The third-order valence-corrected chi connectivity index (χ3v) is 2.21. The average molecular weight is 182 g/mol. The molecule has 0 aliphatic heterocycles. The molecule has 0 saturated carbocycles. The van der Waals surface area contributed by atoms with E-state index < -0.39 is 0 Å². The molecule has 4 heteroatoms. The number of hydrogen-bond acceptors (Lipinski definition) is 3. The monoisotopic (exact) mass is 182 g/mol. The maximum atomic E-state index is 10.4. The van der Waals surface area contributed by atoms with Crippen molar-refractivity contribution in [3.8, 4) is 0 Å². The standard InChI is InChI=1S/C8H10N2OS/c9-8(11)6-12-5-7-3-1-2-4-10-7/h1-4H,5-6H2,(H2,9,11). The van der Waals surface area contributed by atoms with E-state index in [1.54, 1.807) is 6.20 Å². The summed E-state index contributed by atoms with van der Waals surface area (Å²) in [4.78, 5) is 14.5. The summed E-state index contributed by atoms with van der Waals surface area (Å²) in [6.45, 7) is 0. The van der Waals surface area contributed by atoms with Gasteiger partial charge in [-0.15, -0.1) is 11.8 Å². The van der Waals surface area contributed by atoms with Gasteiger partial charge in [-0.05, 0) is 12.1 Å². The van der Waals surface area contributed by atoms with Crippen molar-refractivity contribution in [2.45, 2.75) is 5.75 Å². The Balaban J connectivity index is 2.29. The van der Waals surface area contributed by atoms with Crippen molar-refractivity contribution < 1.29 is 4.79 Å². The van der Waals surface area contributed by atoms with Crippen LogP contribution in [0.15, 0.2) is 24.4 Å². The van der Waals surface area contributed by atoms with Gasteiger partial charge in [-0.1, -0.05) is 6.07 Å². The van der Waals surface area contributed by atoms with E-state index in [1.807, 2.05) is 18.2 Å². The molecule has 1 aromatic rings. The van der Waals surface area contributed by atoms with Gasteiger partial charge in [0.2, 0.25) is 5.91 Å². The summed E-state index contributed by atoms with van der Waals surface area (Å²) in [5.74, 6) is 0.816. The number of amides is 1. The summed E-state index contributed by atoms with van der Waals surface area (Å²) in [5, 5.41) is 0. The number of thioether (sulfide) groups is 1. The number of carbonyl (C=O) groups excluding carboxylic acids is 1. The molecule has 1 aromatic heterocycles. The van der Waals surface area contributed by atoms with Crippen molar-refractivity contribution in [3.05, 3.63) is 30.1 Å². The number of nitrogens with zero attached hydrogens (tertiary/aromatic N) is 1. The van der Waals surface area contributed by atoms with Gasteiger partial charge < -0.3 is 5.73 Å². The normalized spacial score (nSPS) is 9.67. The number of nitrogens with two attached hydrogens (primary N) is 1. The molecule has 0 unspecified atom stereocenters. The highest BCUT2D eigenvalue weighted by molar-refractivity contribution is 7.99. The molecule has 0 bridgehead atoms. The zero-order valence-electron chi connectivity index (χ0n) is 6.56. The maximum absolute atomic E-state index is 10.4. The zero-order chi connectivity index (χ0) is 8.81. The summed E-state index contributed by atoms with van der Waals surface area (Å²) in [7, 11) is 0. The molecule has 0 fully saturated rings. The van der Waals surface area contributed by atoms with Crippen LogP contribution in [0.1, 0.15) is 5.69 Å². The largest absolute Gasteiger partial charge is 0.369 e. The van der Waals surface area contributed by atoms with Crippen molar-refractivity contribution in [2.24, 2.45) is 5.73 Å². The summed E-state index contributed by atoms with van der Waals surface area (Å²) >= 11 is 1.48. The fraction of sp³-hybridized carbons (Fsp3) is 0.250. The second-order valence-electron chi connectivity index (χ2n) is 2.28. The van der Waals surface area contributed by atoms with E-state index in [-0.39, 0.29) is 5.91 Å². The van der Waals surface area contributed by atoms with E-state index in [4.69, 9.17) is 5.73 Å². The van der Waals surface area contributed by atoms with Gasteiger partial charge in [0.25, 0.3) is 0 Å². The number of primary amides is 1. The number of rotatable bonds is 4. The Hall–Kier alpha value is -1.03. The molecule has 0 spiro atoms. The van der Waals surface area contributed by atoms with Crippen LogP contribution in [-0.4, -0.2) is 16.6 Å². The van der Waals surface area contributed by atoms with Crippen molar-refractivity contribution in [3.63, 3.8) is 0 Å². The lowest BCUT2D eigenvalue weighted by Crippen LogP contribution is -2.13. The number of hydrogen-bond donors (Lipinski definition) is 1. The first kappa shape index (κ1) is 9.06. The fourth-order valence-electron chi connectivity index (χ4n) is 0.740. The molecule has 0 aliphatic rings. The third kappa shape index (κ3) is 3.39. The molecule has 3 nitrogen and oxygen atoms in total. The molecule has 0 aliphatic carbocycles. The van der Waals surface area contributed by atoms with Crippen LogP contribution in [0.25, 0.3) is 0 Å². The fourth-order valence-corrected chi connectivity index (χ4v) is 1.42. The minimum Gasteiger partial charge on any atom is -0.369 e. The minimum absolute atomic E-state index is 0.282. The van der Waals surface area contributed by atoms with Gasteiger partial charge in [-0.3, -0.25) is 9.78 Å². The molecule has 64 valence electrons. The highest BCUT2D eigenvalue weighted by Gasteiger charge is 1.96. The van der Waals surface area contributed by atoms with E-state index >= 15 is 0 Å². The molecule has 0 aromatic carbocycles. The van der Waals surface area contributed by atoms with Crippen LogP contribution in [0, 0.1) is 0 Å². The molecule has 12 heavy (non-hydrogen) atoms. The van der Waals surface area contributed by atoms with Gasteiger partial charge in [-0.25, -0.2) is 0 Å². The summed E-state index contributed by atoms with van der Waals surface area (Å²) in [5.41, 5.74) is 5.95. The highest BCUT2D eigenvalue weighted by Crippen LogP contribution is 2.07. The first-order chi connectivity index (χ1) is 5.79. The zero-order valence-corrected chi connectivity index (χ0v) is 7.38. The van der Waals surface area contributed by atoms with Gasteiger partial charge >= 0.3 is 0 Å². The lowest BCUT2D eigenvalue weighted by molar-refractivity contribution is -0.115. The van der Waals surface area contributed by atoms with Crippen LogP contribution in [-0.2, 0) is 10.5 Å². The Bertz CT molecular complexity index is 250. The lowest BCUT2D eigenvalue weighted by Gasteiger charge is -1.97. The van der Waals surface area contributed by atoms with Crippen molar-refractivity contribution in [2.75, 3.05) is 5.75 Å². The van der Waals surface area contributed by atoms with Gasteiger partial charge in [0.1, 0.15) is 0 Å². The van der Waals surface area contributed by atoms with E-state index in [2.05, 4.69) is 4.98 Å². The van der Waals surface area contributed by atoms with Gasteiger partial charge in [0, 0.05) is 11.9 Å². The molecular weight excluding hydrogens is 172 g/mol. The number of carbonyl (C=O) groups is 1. The lowest BCUT2D eigenvalue weighted by atomic mass is 10.4. The molecule has 2 N–H and O–H groups in total. The Morgan fingerprint density at radius 1 is 1.58 bits per heavy atom. The molecule has 0 saturated heterocycles. The van der Waals surface area contributed by atoms with E-state index in [9.17, 15) is 4.79 Å². The molecule has 1 rings (SSSR count). The van der Waals surface area contributed by atoms with Crippen LogP contribution in [0.5, 0.6) is 0 Å². The molecular formula is C8H10N2OS. The van der Waals surface area contributed by atoms with Crippen molar-refractivity contribution in [1.29, 1.82) is 0 Å². The van der Waals surface area contributed by atoms with E-state index in [0.717, 1.165) is 11.4 Å². The molecule has 1 amide bonds. The quantitative estimate of drug-likeness (QED) is 0.749. The first-order valence-corrected chi connectivity index (χ1v) is 4.70. The molecule has 0 atom stereocenters. The second-order valence-corrected chi connectivity index (χ2v) is 3.27. The van der Waals surface area contributed by atoms with E-state index in [1.165, 1.54) is 11.8 Å². The topological polar surface area (TPSA) is 56.0 Å². The number of pyridine rings is 1. The third-order valence-electron chi connectivity index (χ3n) is 1.22. The second kappa shape index (κ2) is 4.77. The van der Waals surface area contributed by atoms with Crippen molar-refractivity contribution >= 4 is 17.7 Å². The average Bonchev–Trinajstić information content (AvgIpc) is 2.05. The Morgan fingerprint density at radius 3 is 3.00 bits per heavy atom. The van der Waals surface area contributed by atoms with Gasteiger partial charge in [0.05, 0.1) is 11.4 Å². The maximum Gasteiger partial charge on any atom is 0.227 e. The molecule has 0 radical (unpaired) electrons. The van der Waals surface area contributed by atoms with E-state index in [0.29, 0.717) is 5.75 Å². The van der Waals surface area contributed by atoms with Crippen LogP contribution in [0.4, 0.5) is 0 Å². The molecule has 1 heterocycles. The van der Waals surface area contributed by atoms with Crippen LogP contribution in [0.3, 0.4) is 0 Å². The Morgan fingerprint density at radius 2 is 2.42 bits per heavy atom. The smallest absolute Gasteiger partial charge is 0.227 e. The van der Waals surface area contributed by atoms with Gasteiger partial charge in [-0.2, -0.15) is 0 Å². The van der Waals surface area contributed by atoms with Gasteiger partial charge in [0.15, 0.2) is 0 Å². The highest BCUT2D eigenvalue weighted by atomic mass is 32.2. The summed E-state index contributed by atoms with van der Waals surface area (Å²) in [6.07, 6.45) is 1.74. The predicted molar refractivity (Wildman–Crippen MR) is 49.6 cm³/mol. The van der Waals surface area contributed by atoms with Crippen LogP contribution in [0.2, 0.25) is 0 Å². The Kier molecular flexibility index (Phi) is 3.60. The summed E-state index contributed by atoms with van der Waals surface area (Å²) in [6, 6.07) is 5.71. The van der Waals surface area contributed by atoms with Crippen LogP contribution < -0.4 is 5.73 Å². The van der Waals surface area contributed by atoms with Crippen LogP contribution >= 0.6 is 11.8 Å². The summed E-state index contributed by atoms with van der Waals surface area (Å²) < 4.78 is 0. The SMILES string of the molecule is NC(=O)CSCc1ccccn1. The first-order valence-electron chi connectivity index (χ1n) is 3.55.